The fourth-order valence-corrected chi connectivity index (χ4v) is 2.30. The summed E-state index contributed by atoms with van der Waals surface area (Å²) in [5.74, 6) is 0. The smallest absolute Gasteiger partial charge is 0.408 e. The number of benzene rings is 1. The first-order valence-corrected chi connectivity index (χ1v) is 6.87. The molecule has 0 aliphatic carbocycles. The van der Waals surface area contributed by atoms with Gasteiger partial charge in [-0.2, -0.15) is 0 Å². The second-order valence-corrected chi connectivity index (χ2v) is 6.05. The minimum absolute atomic E-state index is 0.0582. The van der Waals surface area contributed by atoms with Crippen molar-refractivity contribution >= 4 is 35.6 Å². The third kappa shape index (κ3) is 5.02. The molecule has 0 fully saturated rings. The Morgan fingerprint density at radius 1 is 1.35 bits per heavy atom. The van der Waals surface area contributed by atoms with Gasteiger partial charge in [-0.05, 0) is 32.9 Å². The van der Waals surface area contributed by atoms with Crippen LogP contribution in [0.15, 0.2) is 18.2 Å². The van der Waals surface area contributed by atoms with Crippen LogP contribution >= 0.6 is 23.2 Å². The highest BCUT2D eigenvalue weighted by Crippen LogP contribution is 2.31. The molecule has 20 heavy (non-hydrogen) atoms. The highest BCUT2D eigenvalue weighted by atomic mass is 35.5. The molecule has 110 valence electrons. The van der Waals surface area contributed by atoms with Crippen molar-refractivity contribution in [2.45, 2.75) is 38.8 Å². The van der Waals surface area contributed by atoms with E-state index in [1.54, 1.807) is 39.0 Å². The molecule has 0 heterocycles. The fourth-order valence-electron chi connectivity index (χ4n) is 1.64. The number of alkyl carbamates (subject to hydrolysis) is 1. The zero-order valence-electron chi connectivity index (χ0n) is 11.6. The summed E-state index contributed by atoms with van der Waals surface area (Å²) in [6, 6.07) is 4.37. The number of aldehydes is 1. The van der Waals surface area contributed by atoms with Crippen LogP contribution in [0.4, 0.5) is 4.79 Å². The Morgan fingerprint density at radius 3 is 2.35 bits per heavy atom. The number of amides is 1. The lowest BCUT2D eigenvalue weighted by molar-refractivity contribution is -0.108. The normalized spacial score (nSPS) is 12.7. The minimum Gasteiger partial charge on any atom is -0.444 e. The van der Waals surface area contributed by atoms with E-state index >= 15 is 0 Å². The zero-order chi connectivity index (χ0) is 15.3. The molecule has 0 radical (unpaired) electrons. The van der Waals surface area contributed by atoms with Crippen LogP contribution in [0.2, 0.25) is 10.0 Å². The van der Waals surface area contributed by atoms with Gasteiger partial charge < -0.3 is 14.8 Å². The van der Waals surface area contributed by atoms with Gasteiger partial charge in [0.1, 0.15) is 11.9 Å². The van der Waals surface area contributed by atoms with Crippen molar-refractivity contribution < 1.29 is 14.3 Å². The van der Waals surface area contributed by atoms with Crippen molar-refractivity contribution in [2.75, 3.05) is 0 Å². The van der Waals surface area contributed by atoms with Crippen molar-refractivity contribution in [1.82, 2.24) is 5.32 Å². The third-order valence-electron chi connectivity index (χ3n) is 2.37. The predicted molar refractivity (Wildman–Crippen MR) is 79.3 cm³/mol. The Hall–Kier alpha value is -1.26. The highest BCUT2D eigenvalue weighted by Gasteiger charge is 2.23. The molecule has 6 heteroatoms. The Morgan fingerprint density at radius 2 is 1.90 bits per heavy atom. The van der Waals surface area contributed by atoms with E-state index in [2.05, 4.69) is 5.32 Å². The largest absolute Gasteiger partial charge is 0.444 e. The number of carbonyl (C=O) groups excluding carboxylic acids is 2. The number of carbonyl (C=O) groups is 2. The summed E-state index contributed by atoms with van der Waals surface area (Å²) in [4.78, 5) is 22.6. The summed E-state index contributed by atoms with van der Waals surface area (Å²) in [6.45, 7) is 5.26. The van der Waals surface area contributed by atoms with E-state index in [0.29, 0.717) is 21.9 Å². The number of ether oxygens (including phenoxy) is 1. The SMILES string of the molecule is CC(C)(C)OC(=O)N[C@H](CC=O)c1c(Cl)cccc1Cl. The third-order valence-corrected chi connectivity index (χ3v) is 3.03. The van der Waals surface area contributed by atoms with Crippen LogP contribution in [-0.4, -0.2) is 18.0 Å². The van der Waals surface area contributed by atoms with Crippen molar-refractivity contribution in [3.05, 3.63) is 33.8 Å². The summed E-state index contributed by atoms with van der Waals surface area (Å²) in [7, 11) is 0. The molecule has 4 nitrogen and oxygen atoms in total. The molecule has 1 N–H and O–H groups in total. The summed E-state index contributed by atoms with van der Waals surface area (Å²) < 4.78 is 5.16. The van der Waals surface area contributed by atoms with E-state index in [4.69, 9.17) is 27.9 Å². The maximum Gasteiger partial charge on any atom is 0.408 e. The van der Waals surface area contributed by atoms with Gasteiger partial charge in [0.05, 0.1) is 6.04 Å². The van der Waals surface area contributed by atoms with E-state index in [0.717, 1.165) is 0 Å². The molecular formula is C14H17Cl2NO3. The minimum atomic E-state index is -0.625. The predicted octanol–water partition coefficient (Wildman–Crippen LogP) is 4.15. The van der Waals surface area contributed by atoms with Gasteiger partial charge in [0.25, 0.3) is 0 Å². The number of halogens is 2. The second kappa shape index (κ2) is 6.95. The first-order valence-electron chi connectivity index (χ1n) is 6.11. The van der Waals surface area contributed by atoms with Crippen LogP contribution in [0.3, 0.4) is 0 Å². The van der Waals surface area contributed by atoms with Gasteiger partial charge in [0, 0.05) is 22.0 Å². The molecule has 0 aliphatic rings. The molecule has 0 saturated carbocycles. The molecule has 0 unspecified atom stereocenters. The van der Waals surface area contributed by atoms with E-state index < -0.39 is 17.7 Å². The van der Waals surface area contributed by atoms with E-state index in [9.17, 15) is 9.59 Å². The van der Waals surface area contributed by atoms with E-state index in [1.165, 1.54) is 0 Å². The van der Waals surface area contributed by atoms with Crippen LogP contribution in [0, 0.1) is 0 Å². The Bertz CT molecular complexity index is 477. The molecule has 0 spiro atoms. The molecule has 0 aromatic heterocycles. The van der Waals surface area contributed by atoms with Gasteiger partial charge in [-0.25, -0.2) is 4.79 Å². The van der Waals surface area contributed by atoms with Gasteiger partial charge in [-0.1, -0.05) is 29.3 Å². The van der Waals surface area contributed by atoms with Gasteiger partial charge in [-0.3, -0.25) is 0 Å². The summed E-state index contributed by atoms with van der Waals surface area (Å²) in [5, 5.41) is 3.39. The Labute approximate surface area is 128 Å². The first kappa shape index (κ1) is 16.8. The Balaban J connectivity index is 2.95. The molecule has 1 atom stereocenters. The molecular weight excluding hydrogens is 301 g/mol. The summed E-state index contributed by atoms with van der Waals surface area (Å²) >= 11 is 12.2. The van der Waals surface area contributed by atoms with Crippen LogP contribution in [-0.2, 0) is 9.53 Å². The number of nitrogens with one attached hydrogen (secondary N) is 1. The monoisotopic (exact) mass is 317 g/mol. The van der Waals surface area contributed by atoms with Crippen LogP contribution < -0.4 is 5.32 Å². The summed E-state index contributed by atoms with van der Waals surface area (Å²) in [5.41, 5.74) is -0.117. The lowest BCUT2D eigenvalue weighted by Crippen LogP contribution is -2.35. The molecule has 1 amide bonds. The van der Waals surface area contributed by atoms with Crippen LogP contribution in [0.5, 0.6) is 0 Å². The average Bonchev–Trinajstić information content (AvgIpc) is 2.26. The van der Waals surface area contributed by atoms with Gasteiger partial charge in [-0.15, -0.1) is 0 Å². The molecule has 0 bridgehead atoms. The maximum atomic E-state index is 11.8. The van der Waals surface area contributed by atoms with Crippen molar-refractivity contribution in [3.8, 4) is 0 Å². The van der Waals surface area contributed by atoms with Crippen LogP contribution in [0.1, 0.15) is 38.8 Å². The lowest BCUT2D eigenvalue weighted by Gasteiger charge is -2.24. The molecule has 1 aromatic rings. The zero-order valence-corrected chi connectivity index (χ0v) is 13.1. The van der Waals surface area contributed by atoms with Crippen molar-refractivity contribution in [3.63, 3.8) is 0 Å². The molecule has 0 saturated heterocycles. The first-order chi connectivity index (χ1) is 9.24. The quantitative estimate of drug-likeness (QED) is 0.849. The molecule has 1 aromatic carbocycles. The molecule has 1 rings (SSSR count). The van der Waals surface area contributed by atoms with Gasteiger partial charge in [0.2, 0.25) is 0 Å². The van der Waals surface area contributed by atoms with Crippen molar-refractivity contribution in [1.29, 1.82) is 0 Å². The number of hydrogen-bond acceptors (Lipinski definition) is 3. The number of hydrogen-bond donors (Lipinski definition) is 1. The molecule has 0 aliphatic heterocycles. The lowest BCUT2D eigenvalue weighted by atomic mass is 10.0. The van der Waals surface area contributed by atoms with Gasteiger partial charge in [0.15, 0.2) is 0 Å². The van der Waals surface area contributed by atoms with Gasteiger partial charge >= 0.3 is 6.09 Å². The fraction of sp³-hybridized carbons (Fsp3) is 0.429. The second-order valence-electron chi connectivity index (χ2n) is 5.24. The maximum absolute atomic E-state index is 11.8. The Kier molecular flexibility index (Phi) is 5.84. The van der Waals surface area contributed by atoms with E-state index in [1.807, 2.05) is 0 Å². The topological polar surface area (TPSA) is 55.4 Å². The van der Waals surface area contributed by atoms with Crippen molar-refractivity contribution in [2.24, 2.45) is 0 Å². The average molecular weight is 318 g/mol. The number of rotatable bonds is 4. The highest BCUT2D eigenvalue weighted by molar-refractivity contribution is 6.36. The van der Waals surface area contributed by atoms with E-state index in [-0.39, 0.29) is 6.42 Å². The van der Waals surface area contributed by atoms with Crippen LogP contribution in [0.25, 0.3) is 0 Å². The summed E-state index contributed by atoms with van der Waals surface area (Å²) in [6.07, 6.45) is 0.130. The standard InChI is InChI=1S/C14H17Cl2NO3/c1-14(2,3)20-13(19)17-11(7-8-18)12-9(15)5-4-6-10(12)16/h4-6,8,11H,7H2,1-3H3,(H,17,19)/t11-/m1/s1.